The van der Waals surface area contributed by atoms with Crippen LogP contribution in [0.5, 0.6) is 0 Å². The Morgan fingerprint density at radius 3 is 2.18 bits per heavy atom. The van der Waals surface area contributed by atoms with E-state index in [9.17, 15) is 4.79 Å². The summed E-state index contributed by atoms with van der Waals surface area (Å²) in [6.45, 7) is 7.20. The van der Waals surface area contributed by atoms with Crippen molar-refractivity contribution in [2.45, 2.75) is 76.8 Å². The van der Waals surface area contributed by atoms with Crippen LogP contribution in [-0.2, 0) is 4.79 Å². The van der Waals surface area contributed by atoms with Gasteiger partial charge in [-0.3, -0.25) is 9.69 Å². The number of nitrogens with one attached hydrogen (secondary N) is 1. The molecular weight excluding hydrogens is 298 g/mol. The van der Waals surface area contributed by atoms with Crippen molar-refractivity contribution in [3.8, 4) is 0 Å². The average molecular weight is 332 g/mol. The van der Waals surface area contributed by atoms with Crippen LogP contribution in [0.2, 0.25) is 0 Å². The van der Waals surface area contributed by atoms with Gasteiger partial charge in [0.25, 0.3) is 0 Å². The summed E-state index contributed by atoms with van der Waals surface area (Å²) in [6, 6.07) is -0.382. The summed E-state index contributed by atoms with van der Waals surface area (Å²) in [4.78, 5) is 14.9. The molecule has 0 aromatic carbocycles. The Bertz CT molecular complexity index is 337. The highest BCUT2D eigenvalue weighted by Gasteiger charge is 2.38. The molecule has 1 atom stereocenters. The molecule has 130 valence electrons. The van der Waals surface area contributed by atoms with Crippen LogP contribution in [-0.4, -0.2) is 42.0 Å². The van der Waals surface area contributed by atoms with E-state index in [1.807, 2.05) is 13.8 Å². The van der Waals surface area contributed by atoms with Gasteiger partial charge in [-0.25, -0.2) is 0 Å². The standard InChI is InChI=1S/C17H33N3O.ClH/c1-14(2)15(18)16(21)19-13-17(9-5-3-6-10-17)20-11-7-4-8-12-20;/h14-15H,3-13,18H2,1-2H3,(H,19,21);1H. The number of nitrogens with zero attached hydrogens (tertiary/aromatic N) is 1. The minimum atomic E-state index is -0.382. The lowest BCUT2D eigenvalue weighted by atomic mass is 9.79. The van der Waals surface area contributed by atoms with E-state index < -0.39 is 0 Å². The van der Waals surface area contributed by atoms with Crippen LogP contribution < -0.4 is 11.1 Å². The van der Waals surface area contributed by atoms with Crippen molar-refractivity contribution in [1.82, 2.24) is 10.2 Å². The normalized spacial score (nSPS) is 23.6. The van der Waals surface area contributed by atoms with Crippen molar-refractivity contribution in [2.24, 2.45) is 11.7 Å². The third-order valence-corrected chi connectivity index (χ3v) is 5.42. The van der Waals surface area contributed by atoms with Crippen LogP contribution in [0.15, 0.2) is 0 Å². The number of hydrogen-bond donors (Lipinski definition) is 2. The molecule has 1 heterocycles. The van der Waals surface area contributed by atoms with Gasteiger partial charge in [0.2, 0.25) is 5.91 Å². The fraction of sp³-hybridized carbons (Fsp3) is 0.941. The molecule has 0 aromatic heterocycles. The summed E-state index contributed by atoms with van der Waals surface area (Å²) < 4.78 is 0. The summed E-state index contributed by atoms with van der Waals surface area (Å²) >= 11 is 0. The number of piperidine rings is 1. The second kappa shape index (κ2) is 9.09. The molecule has 1 saturated carbocycles. The maximum absolute atomic E-state index is 12.2. The summed E-state index contributed by atoms with van der Waals surface area (Å²) in [5.41, 5.74) is 6.17. The second-order valence-corrected chi connectivity index (χ2v) is 7.32. The first-order valence-electron chi connectivity index (χ1n) is 8.83. The fourth-order valence-electron chi connectivity index (χ4n) is 3.86. The molecular formula is C17H34ClN3O. The van der Waals surface area contributed by atoms with Crippen LogP contribution in [0.25, 0.3) is 0 Å². The zero-order chi connectivity index (χ0) is 15.3. The topological polar surface area (TPSA) is 58.4 Å². The first kappa shape index (κ1) is 19.7. The molecule has 0 radical (unpaired) electrons. The minimum Gasteiger partial charge on any atom is -0.353 e. The zero-order valence-electron chi connectivity index (χ0n) is 14.3. The lowest BCUT2D eigenvalue weighted by Crippen LogP contribution is -2.59. The Hall–Kier alpha value is -0.320. The predicted molar refractivity (Wildman–Crippen MR) is 94.3 cm³/mol. The molecule has 3 N–H and O–H groups in total. The van der Waals surface area contributed by atoms with Gasteiger partial charge < -0.3 is 11.1 Å². The van der Waals surface area contributed by atoms with Gasteiger partial charge in [-0.1, -0.05) is 39.5 Å². The van der Waals surface area contributed by atoms with Crippen LogP contribution in [0.3, 0.4) is 0 Å². The number of carbonyl (C=O) groups excluding carboxylic acids is 1. The van der Waals surface area contributed by atoms with Crippen LogP contribution in [0.4, 0.5) is 0 Å². The molecule has 1 saturated heterocycles. The van der Waals surface area contributed by atoms with Crippen LogP contribution >= 0.6 is 12.4 Å². The molecule has 2 fully saturated rings. The molecule has 5 heteroatoms. The van der Waals surface area contributed by atoms with Gasteiger partial charge in [0.1, 0.15) is 0 Å². The molecule has 4 nitrogen and oxygen atoms in total. The number of halogens is 1. The van der Waals surface area contributed by atoms with Gasteiger partial charge in [-0.2, -0.15) is 0 Å². The Kier molecular flexibility index (Phi) is 8.15. The van der Waals surface area contributed by atoms with Gasteiger partial charge in [0, 0.05) is 12.1 Å². The molecule has 2 aliphatic rings. The molecule has 0 aromatic rings. The molecule has 1 amide bonds. The smallest absolute Gasteiger partial charge is 0.237 e. The van der Waals surface area contributed by atoms with Gasteiger partial charge in [-0.05, 0) is 44.7 Å². The van der Waals surface area contributed by atoms with Crippen LogP contribution in [0, 0.1) is 5.92 Å². The van der Waals surface area contributed by atoms with E-state index in [4.69, 9.17) is 5.73 Å². The lowest BCUT2D eigenvalue weighted by molar-refractivity contribution is -0.124. The van der Waals surface area contributed by atoms with Crippen molar-refractivity contribution in [3.63, 3.8) is 0 Å². The third kappa shape index (κ3) is 4.84. The number of rotatable bonds is 5. The molecule has 1 aliphatic carbocycles. The van der Waals surface area contributed by atoms with Gasteiger partial charge in [0.15, 0.2) is 0 Å². The number of carbonyl (C=O) groups is 1. The van der Waals surface area contributed by atoms with Crippen molar-refractivity contribution < 1.29 is 4.79 Å². The van der Waals surface area contributed by atoms with Crippen molar-refractivity contribution >= 4 is 18.3 Å². The highest BCUT2D eigenvalue weighted by Crippen LogP contribution is 2.35. The maximum Gasteiger partial charge on any atom is 0.237 e. The largest absolute Gasteiger partial charge is 0.353 e. The van der Waals surface area contributed by atoms with Crippen molar-refractivity contribution in [1.29, 1.82) is 0 Å². The highest BCUT2D eigenvalue weighted by atomic mass is 35.5. The Morgan fingerprint density at radius 1 is 1.09 bits per heavy atom. The second-order valence-electron chi connectivity index (χ2n) is 7.32. The molecule has 1 aliphatic heterocycles. The van der Waals surface area contributed by atoms with E-state index >= 15 is 0 Å². The lowest BCUT2D eigenvalue weighted by Gasteiger charge is -2.48. The first-order chi connectivity index (χ1) is 10.1. The van der Waals surface area contributed by atoms with Gasteiger partial charge >= 0.3 is 0 Å². The Labute approximate surface area is 142 Å². The first-order valence-corrected chi connectivity index (χ1v) is 8.83. The monoisotopic (exact) mass is 331 g/mol. The third-order valence-electron chi connectivity index (χ3n) is 5.42. The van der Waals surface area contributed by atoms with E-state index in [1.165, 1.54) is 64.5 Å². The summed E-state index contributed by atoms with van der Waals surface area (Å²) in [5.74, 6) is 0.217. The van der Waals surface area contributed by atoms with E-state index in [2.05, 4.69) is 10.2 Å². The summed E-state index contributed by atoms with van der Waals surface area (Å²) in [7, 11) is 0. The van der Waals surface area contributed by atoms with E-state index in [-0.39, 0.29) is 35.8 Å². The Balaban J connectivity index is 0.00000242. The maximum atomic E-state index is 12.2. The number of nitrogens with two attached hydrogens (primary N) is 1. The molecule has 1 unspecified atom stereocenters. The minimum absolute atomic E-state index is 0. The Morgan fingerprint density at radius 2 is 1.64 bits per heavy atom. The van der Waals surface area contributed by atoms with Gasteiger partial charge in [-0.15, -0.1) is 12.4 Å². The highest BCUT2D eigenvalue weighted by molar-refractivity contribution is 5.85. The van der Waals surface area contributed by atoms with E-state index in [0.29, 0.717) is 0 Å². The van der Waals surface area contributed by atoms with E-state index in [0.717, 1.165) is 6.54 Å². The van der Waals surface area contributed by atoms with Crippen molar-refractivity contribution in [2.75, 3.05) is 19.6 Å². The molecule has 0 spiro atoms. The SMILES string of the molecule is CC(C)C(N)C(=O)NCC1(N2CCCCC2)CCCCC1.Cl. The molecule has 22 heavy (non-hydrogen) atoms. The number of amides is 1. The molecule has 2 rings (SSSR count). The quantitative estimate of drug-likeness (QED) is 0.814. The predicted octanol–water partition coefficient (Wildman–Crippen LogP) is 2.70. The van der Waals surface area contributed by atoms with Crippen LogP contribution in [0.1, 0.15) is 65.2 Å². The number of likely N-dealkylation sites (tertiary alicyclic amines) is 1. The average Bonchev–Trinajstić information content (AvgIpc) is 2.53. The molecule has 0 bridgehead atoms. The summed E-state index contributed by atoms with van der Waals surface area (Å²) in [5, 5.41) is 3.17. The van der Waals surface area contributed by atoms with E-state index in [1.54, 1.807) is 0 Å². The van der Waals surface area contributed by atoms with Gasteiger partial charge in [0.05, 0.1) is 6.04 Å². The van der Waals surface area contributed by atoms with Crippen molar-refractivity contribution in [3.05, 3.63) is 0 Å². The summed E-state index contributed by atoms with van der Waals surface area (Å²) in [6.07, 6.45) is 10.4. The zero-order valence-corrected chi connectivity index (χ0v) is 15.1. The number of hydrogen-bond acceptors (Lipinski definition) is 3. The fourth-order valence-corrected chi connectivity index (χ4v) is 3.86.